The molecule has 1 atom stereocenters. The van der Waals surface area contributed by atoms with Crippen molar-refractivity contribution in [3.63, 3.8) is 0 Å². The van der Waals surface area contributed by atoms with Crippen LogP contribution in [0.4, 0.5) is 22.0 Å². The summed E-state index contributed by atoms with van der Waals surface area (Å²) in [7, 11) is -6.52. The number of carbonyl (C=O) groups is 2. The lowest BCUT2D eigenvalue weighted by Gasteiger charge is -2.26. The number of ether oxygens (including phenoxy) is 2. The first-order chi connectivity index (χ1) is 11.2. The molecule has 0 fully saturated rings. The molecule has 0 aliphatic heterocycles. The van der Waals surface area contributed by atoms with Crippen LogP contribution in [0.2, 0.25) is 0 Å². The van der Waals surface area contributed by atoms with E-state index in [0.717, 1.165) is 31.2 Å². The summed E-state index contributed by atoms with van der Waals surface area (Å²) >= 11 is 0. The standard InChI is InChI=1S/C12H9F5O7S/c1-6(18)23-8-4-2-7(3-5-8)9(19)24-10(11(13,14)15)12(16,17)25(20,21)22/h2-5,10H,1H3,(H,20,21,22). The zero-order valence-electron chi connectivity index (χ0n) is 12.1. The van der Waals surface area contributed by atoms with Crippen molar-refractivity contribution < 1.29 is 54.0 Å². The molecule has 1 unspecified atom stereocenters. The van der Waals surface area contributed by atoms with Crippen molar-refractivity contribution in [2.75, 3.05) is 0 Å². The summed E-state index contributed by atoms with van der Waals surface area (Å²) in [4.78, 5) is 22.3. The summed E-state index contributed by atoms with van der Waals surface area (Å²) in [5, 5.41) is -5.82. The van der Waals surface area contributed by atoms with Crippen molar-refractivity contribution in [2.45, 2.75) is 24.5 Å². The molecule has 0 bridgehead atoms. The Bertz CT molecular complexity index is 755. The average Bonchev–Trinajstić information content (AvgIpc) is 2.42. The molecule has 0 saturated carbocycles. The summed E-state index contributed by atoms with van der Waals surface area (Å²) in [5.74, 6) is -2.78. The fourth-order valence-electron chi connectivity index (χ4n) is 1.46. The van der Waals surface area contributed by atoms with Gasteiger partial charge in [0.25, 0.3) is 6.10 Å². The molecule has 0 spiro atoms. The number of alkyl halides is 5. The zero-order chi connectivity index (χ0) is 19.6. The van der Waals surface area contributed by atoms with Crippen molar-refractivity contribution in [1.29, 1.82) is 0 Å². The van der Waals surface area contributed by atoms with Crippen LogP contribution in [0.1, 0.15) is 17.3 Å². The molecule has 7 nitrogen and oxygen atoms in total. The molecule has 13 heteroatoms. The highest BCUT2D eigenvalue weighted by Gasteiger charge is 2.66. The highest BCUT2D eigenvalue weighted by Crippen LogP contribution is 2.38. The van der Waals surface area contributed by atoms with Gasteiger partial charge in [-0.3, -0.25) is 9.35 Å². The van der Waals surface area contributed by atoms with Gasteiger partial charge in [-0.2, -0.15) is 30.4 Å². The first-order valence-corrected chi connectivity index (χ1v) is 7.51. The van der Waals surface area contributed by atoms with E-state index in [1.165, 1.54) is 0 Å². The Kier molecular flexibility index (Phi) is 5.74. The lowest BCUT2D eigenvalue weighted by molar-refractivity contribution is -0.248. The number of rotatable bonds is 5. The SMILES string of the molecule is CC(=O)Oc1ccc(C(=O)OC(C(F)(F)F)C(F)(F)S(=O)(=O)O)cc1. The summed E-state index contributed by atoms with van der Waals surface area (Å²) in [5.41, 5.74) is -0.670. The van der Waals surface area contributed by atoms with Crippen LogP contribution in [0.15, 0.2) is 24.3 Å². The first-order valence-electron chi connectivity index (χ1n) is 6.07. The predicted octanol–water partition coefficient (Wildman–Crippen LogP) is 2.18. The van der Waals surface area contributed by atoms with Gasteiger partial charge in [-0.15, -0.1) is 0 Å². The lowest BCUT2D eigenvalue weighted by atomic mass is 10.2. The predicted molar refractivity (Wildman–Crippen MR) is 69.5 cm³/mol. The average molecular weight is 392 g/mol. The van der Waals surface area contributed by atoms with E-state index < -0.39 is 45.2 Å². The van der Waals surface area contributed by atoms with E-state index in [1.54, 1.807) is 0 Å². The first kappa shape index (κ1) is 20.8. The van der Waals surface area contributed by atoms with Gasteiger partial charge in [0.05, 0.1) is 5.56 Å². The van der Waals surface area contributed by atoms with Gasteiger partial charge in [-0.25, -0.2) is 4.79 Å². The maximum absolute atomic E-state index is 13.3. The fourth-order valence-corrected chi connectivity index (χ4v) is 1.91. The molecule has 0 radical (unpaired) electrons. The Balaban J connectivity index is 3.10. The van der Waals surface area contributed by atoms with Crippen LogP contribution in [0.25, 0.3) is 0 Å². The van der Waals surface area contributed by atoms with E-state index in [4.69, 9.17) is 4.55 Å². The number of esters is 2. The third kappa shape index (κ3) is 5.09. The van der Waals surface area contributed by atoms with Crippen LogP contribution in [-0.2, 0) is 19.6 Å². The highest BCUT2D eigenvalue weighted by atomic mass is 32.2. The Morgan fingerprint density at radius 3 is 1.92 bits per heavy atom. The largest absolute Gasteiger partial charge is 0.441 e. The maximum atomic E-state index is 13.3. The van der Waals surface area contributed by atoms with Gasteiger partial charge >= 0.3 is 33.5 Å². The number of hydrogen-bond donors (Lipinski definition) is 1. The van der Waals surface area contributed by atoms with E-state index in [-0.39, 0.29) is 5.75 Å². The summed E-state index contributed by atoms with van der Waals surface area (Å²) < 4.78 is 102. The van der Waals surface area contributed by atoms with Gasteiger partial charge < -0.3 is 9.47 Å². The monoisotopic (exact) mass is 392 g/mol. The Hall–Kier alpha value is -2.28. The summed E-state index contributed by atoms with van der Waals surface area (Å²) in [6, 6.07) is 3.50. The van der Waals surface area contributed by atoms with Crippen molar-refractivity contribution >= 4 is 22.1 Å². The molecular weight excluding hydrogens is 383 g/mol. The minimum absolute atomic E-state index is 0.0975. The third-order valence-corrected chi connectivity index (χ3v) is 3.42. The van der Waals surface area contributed by atoms with Crippen LogP contribution in [0.5, 0.6) is 5.75 Å². The quantitative estimate of drug-likeness (QED) is 0.354. The minimum Gasteiger partial charge on any atom is -0.441 e. The van der Waals surface area contributed by atoms with Crippen molar-refractivity contribution in [3.8, 4) is 5.75 Å². The molecule has 140 valence electrons. The molecule has 0 saturated heterocycles. The Labute approximate surface area is 137 Å². The van der Waals surface area contributed by atoms with Crippen LogP contribution in [-0.4, -0.2) is 42.4 Å². The molecule has 0 aliphatic carbocycles. The van der Waals surface area contributed by atoms with Crippen LogP contribution >= 0.6 is 0 Å². The van der Waals surface area contributed by atoms with Crippen molar-refractivity contribution in [3.05, 3.63) is 29.8 Å². The molecule has 1 aromatic rings. The summed E-state index contributed by atoms with van der Waals surface area (Å²) in [6.45, 7) is 1.05. The molecular formula is C12H9F5O7S. The second-order valence-electron chi connectivity index (χ2n) is 4.48. The van der Waals surface area contributed by atoms with E-state index in [0.29, 0.717) is 0 Å². The molecule has 0 amide bonds. The van der Waals surface area contributed by atoms with Crippen molar-refractivity contribution in [2.24, 2.45) is 0 Å². The third-order valence-electron chi connectivity index (χ3n) is 2.52. The van der Waals surface area contributed by atoms with E-state index in [1.807, 2.05) is 0 Å². The molecule has 0 aliphatic rings. The summed E-state index contributed by atoms with van der Waals surface area (Å²) in [6.07, 6.45) is -10.4. The van der Waals surface area contributed by atoms with Gasteiger partial charge in [-0.1, -0.05) is 0 Å². The van der Waals surface area contributed by atoms with E-state index in [2.05, 4.69) is 9.47 Å². The highest BCUT2D eigenvalue weighted by molar-refractivity contribution is 7.86. The van der Waals surface area contributed by atoms with Gasteiger partial charge in [-0.05, 0) is 24.3 Å². The van der Waals surface area contributed by atoms with Crippen LogP contribution in [0, 0.1) is 0 Å². The van der Waals surface area contributed by atoms with Crippen LogP contribution < -0.4 is 4.74 Å². The molecule has 0 heterocycles. The molecule has 1 N–H and O–H groups in total. The second kappa shape index (κ2) is 6.92. The molecule has 1 aromatic carbocycles. The second-order valence-corrected chi connectivity index (χ2v) is 5.98. The van der Waals surface area contributed by atoms with E-state index in [9.17, 15) is 40.0 Å². The number of carbonyl (C=O) groups excluding carboxylic acids is 2. The number of hydrogen-bond acceptors (Lipinski definition) is 6. The smallest absolute Gasteiger partial charge is 0.432 e. The lowest BCUT2D eigenvalue weighted by Crippen LogP contribution is -2.52. The Morgan fingerprint density at radius 1 is 1.08 bits per heavy atom. The normalized spacial score (nSPS) is 13.9. The van der Waals surface area contributed by atoms with Gasteiger partial charge in [0, 0.05) is 6.92 Å². The topological polar surface area (TPSA) is 107 Å². The van der Waals surface area contributed by atoms with Gasteiger partial charge in [0.1, 0.15) is 5.75 Å². The Morgan fingerprint density at radius 2 is 1.56 bits per heavy atom. The number of halogens is 5. The van der Waals surface area contributed by atoms with Crippen LogP contribution in [0.3, 0.4) is 0 Å². The number of benzene rings is 1. The minimum atomic E-state index is -6.52. The fraction of sp³-hybridized carbons (Fsp3) is 0.333. The molecule has 0 aromatic heterocycles. The van der Waals surface area contributed by atoms with Gasteiger partial charge in [0.2, 0.25) is 0 Å². The van der Waals surface area contributed by atoms with Crippen molar-refractivity contribution in [1.82, 2.24) is 0 Å². The van der Waals surface area contributed by atoms with Gasteiger partial charge in [0.15, 0.2) is 0 Å². The van der Waals surface area contributed by atoms with E-state index >= 15 is 0 Å². The maximum Gasteiger partial charge on any atom is 0.432 e. The zero-order valence-corrected chi connectivity index (χ0v) is 12.9. The molecule has 25 heavy (non-hydrogen) atoms. The molecule has 1 rings (SSSR count).